The summed E-state index contributed by atoms with van der Waals surface area (Å²) < 4.78 is 0. The Morgan fingerprint density at radius 3 is 2.54 bits per heavy atom. The van der Waals surface area contributed by atoms with Gasteiger partial charge in [0, 0.05) is 37.8 Å². The maximum absolute atomic E-state index is 13.6. The Bertz CT molecular complexity index is 844. The van der Waals surface area contributed by atoms with Gasteiger partial charge >= 0.3 is 0 Å². The topological polar surface area (TPSA) is 64.7 Å². The van der Waals surface area contributed by atoms with Crippen molar-refractivity contribution in [2.75, 3.05) is 39.3 Å². The predicted octanol–water partition coefficient (Wildman–Crippen LogP) is 4.84. The third-order valence-corrected chi connectivity index (χ3v) is 8.33. The van der Waals surface area contributed by atoms with Gasteiger partial charge in [-0.3, -0.25) is 9.59 Å². The first-order valence-corrected chi connectivity index (χ1v) is 14.0. The summed E-state index contributed by atoms with van der Waals surface area (Å²) in [5, 5.41) is 7.42. The van der Waals surface area contributed by atoms with Crippen LogP contribution in [0.25, 0.3) is 0 Å². The van der Waals surface area contributed by atoms with E-state index in [9.17, 15) is 9.59 Å². The molecule has 2 saturated heterocycles. The highest BCUT2D eigenvalue weighted by molar-refractivity contribution is 6.42. The number of carbonyl (C=O) groups excluding carboxylic acids is 2. The van der Waals surface area contributed by atoms with Crippen molar-refractivity contribution >= 4 is 35.0 Å². The highest BCUT2D eigenvalue weighted by atomic mass is 35.5. The molecule has 2 fully saturated rings. The monoisotopic (exact) mass is 524 g/mol. The number of piperidine rings is 1. The molecule has 2 N–H and O–H groups in total. The van der Waals surface area contributed by atoms with Gasteiger partial charge in [0.1, 0.15) is 0 Å². The quantitative estimate of drug-likeness (QED) is 0.459. The van der Waals surface area contributed by atoms with Gasteiger partial charge in [-0.05, 0) is 68.8 Å². The number of carbonyl (C=O) groups is 2. The lowest BCUT2D eigenvalue weighted by Gasteiger charge is -2.31. The number of amides is 2. The zero-order valence-corrected chi connectivity index (χ0v) is 23.0. The van der Waals surface area contributed by atoms with Crippen molar-refractivity contribution < 1.29 is 9.59 Å². The third-order valence-electron chi connectivity index (χ3n) is 7.59. The van der Waals surface area contributed by atoms with Gasteiger partial charge in [0.2, 0.25) is 5.91 Å². The molecule has 2 heterocycles. The van der Waals surface area contributed by atoms with E-state index >= 15 is 0 Å². The molecule has 196 valence electrons. The number of halogens is 2. The van der Waals surface area contributed by atoms with Gasteiger partial charge in [0.25, 0.3) is 5.91 Å². The van der Waals surface area contributed by atoms with Gasteiger partial charge in [-0.2, -0.15) is 0 Å². The summed E-state index contributed by atoms with van der Waals surface area (Å²) in [5.41, 5.74) is 0.482. The van der Waals surface area contributed by atoms with Crippen molar-refractivity contribution in [3.8, 4) is 0 Å². The number of nitrogens with one attached hydrogen (secondary N) is 2. The largest absolute Gasteiger partial charge is 0.350 e. The van der Waals surface area contributed by atoms with Gasteiger partial charge in [0.05, 0.1) is 16.1 Å². The molecule has 1 aromatic rings. The van der Waals surface area contributed by atoms with E-state index in [1.807, 2.05) is 0 Å². The second kappa shape index (κ2) is 13.8. The van der Waals surface area contributed by atoms with Crippen molar-refractivity contribution in [1.29, 1.82) is 0 Å². The van der Waals surface area contributed by atoms with Crippen LogP contribution in [0.2, 0.25) is 10.0 Å². The third kappa shape index (κ3) is 8.34. The molecule has 0 unspecified atom stereocenters. The highest BCUT2D eigenvalue weighted by Gasteiger charge is 2.32. The van der Waals surface area contributed by atoms with E-state index in [4.69, 9.17) is 23.2 Å². The van der Waals surface area contributed by atoms with E-state index in [1.54, 1.807) is 18.2 Å². The van der Waals surface area contributed by atoms with Crippen LogP contribution in [0.3, 0.4) is 0 Å². The lowest BCUT2D eigenvalue weighted by atomic mass is 9.92. The average molecular weight is 526 g/mol. The van der Waals surface area contributed by atoms with Gasteiger partial charge < -0.3 is 20.4 Å². The van der Waals surface area contributed by atoms with Gasteiger partial charge in [0.15, 0.2) is 0 Å². The SMILES string of the molecule is CC[C@@H](CN1CC[C@@H](CNC(=O)c2ccc(Cl)c(Cl)c2)N[C@@H](CCN2CCCCC2)C1=O)C(C)C. The summed E-state index contributed by atoms with van der Waals surface area (Å²) in [6.45, 7) is 11.8. The van der Waals surface area contributed by atoms with E-state index in [2.05, 4.69) is 41.2 Å². The van der Waals surface area contributed by atoms with E-state index in [0.717, 1.165) is 45.4 Å². The Morgan fingerprint density at radius 1 is 1.14 bits per heavy atom. The minimum Gasteiger partial charge on any atom is -0.350 e. The van der Waals surface area contributed by atoms with Gasteiger partial charge in [-0.15, -0.1) is 0 Å². The number of hydrogen-bond donors (Lipinski definition) is 2. The van der Waals surface area contributed by atoms with E-state index < -0.39 is 0 Å². The predicted molar refractivity (Wildman–Crippen MR) is 144 cm³/mol. The molecule has 2 amide bonds. The van der Waals surface area contributed by atoms with Gasteiger partial charge in [-0.1, -0.05) is 56.8 Å². The Kier molecular flexibility index (Phi) is 11.2. The van der Waals surface area contributed by atoms with Crippen LogP contribution in [0, 0.1) is 11.8 Å². The molecular weight excluding hydrogens is 483 g/mol. The molecule has 2 aliphatic heterocycles. The summed E-state index contributed by atoms with van der Waals surface area (Å²) >= 11 is 12.1. The summed E-state index contributed by atoms with van der Waals surface area (Å²) in [7, 11) is 0. The van der Waals surface area contributed by atoms with Crippen LogP contribution in [-0.2, 0) is 4.79 Å². The molecule has 35 heavy (non-hydrogen) atoms. The molecular formula is C27H42Cl2N4O2. The van der Waals surface area contributed by atoms with Crippen LogP contribution in [0.5, 0.6) is 0 Å². The zero-order valence-electron chi connectivity index (χ0n) is 21.5. The van der Waals surface area contributed by atoms with Crippen molar-refractivity contribution in [3.63, 3.8) is 0 Å². The second-order valence-electron chi connectivity index (χ2n) is 10.4. The molecule has 8 heteroatoms. The fourth-order valence-corrected chi connectivity index (χ4v) is 5.47. The van der Waals surface area contributed by atoms with Crippen LogP contribution in [0.1, 0.15) is 69.7 Å². The van der Waals surface area contributed by atoms with E-state index in [0.29, 0.717) is 40.5 Å². The molecule has 2 aliphatic rings. The summed E-state index contributed by atoms with van der Waals surface area (Å²) in [6.07, 6.45) is 6.46. The molecule has 0 radical (unpaired) electrons. The van der Waals surface area contributed by atoms with Crippen molar-refractivity contribution in [3.05, 3.63) is 33.8 Å². The first-order chi connectivity index (χ1) is 16.8. The number of hydrogen-bond acceptors (Lipinski definition) is 4. The average Bonchev–Trinajstić information content (AvgIpc) is 3.00. The molecule has 1 aromatic carbocycles. The summed E-state index contributed by atoms with van der Waals surface area (Å²) in [6, 6.07) is 4.70. The lowest BCUT2D eigenvalue weighted by Crippen LogP contribution is -2.50. The molecule has 0 spiro atoms. The van der Waals surface area contributed by atoms with Crippen molar-refractivity contribution in [1.82, 2.24) is 20.4 Å². The number of nitrogens with zero attached hydrogens (tertiary/aromatic N) is 2. The first kappa shape index (κ1) is 28.2. The molecule has 3 atom stereocenters. The fourth-order valence-electron chi connectivity index (χ4n) is 5.17. The van der Waals surface area contributed by atoms with Crippen molar-refractivity contribution in [2.45, 2.75) is 71.4 Å². The lowest BCUT2D eigenvalue weighted by molar-refractivity contribution is -0.133. The van der Waals surface area contributed by atoms with Crippen LogP contribution in [0.4, 0.5) is 0 Å². The first-order valence-electron chi connectivity index (χ1n) is 13.3. The summed E-state index contributed by atoms with van der Waals surface area (Å²) in [4.78, 5) is 30.9. The molecule has 0 aromatic heterocycles. The minimum absolute atomic E-state index is 0.0288. The number of likely N-dealkylation sites (tertiary alicyclic amines) is 1. The maximum Gasteiger partial charge on any atom is 0.251 e. The van der Waals surface area contributed by atoms with E-state index in [1.165, 1.54) is 19.3 Å². The van der Waals surface area contributed by atoms with Crippen LogP contribution in [-0.4, -0.2) is 73.0 Å². The molecule has 6 nitrogen and oxygen atoms in total. The molecule has 3 rings (SSSR count). The van der Waals surface area contributed by atoms with Gasteiger partial charge in [-0.25, -0.2) is 0 Å². The highest BCUT2D eigenvalue weighted by Crippen LogP contribution is 2.23. The Morgan fingerprint density at radius 2 is 1.89 bits per heavy atom. The standard InChI is InChI=1S/C27H42Cl2N4O2/c1-4-20(19(2)3)18-33-15-10-22(17-30-26(34)21-8-9-23(28)24(29)16-21)31-25(27(33)35)11-14-32-12-6-5-7-13-32/h8-9,16,19-20,22,25,31H,4-7,10-15,17-18H2,1-3H3,(H,30,34)/t20-,22-,25-/m0/s1. The maximum atomic E-state index is 13.6. The normalized spacial score (nSPS) is 22.8. The zero-order chi connectivity index (χ0) is 25.4. The summed E-state index contributed by atoms with van der Waals surface area (Å²) in [5.74, 6) is 1.05. The molecule has 0 bridgehead atoms. The fraction of sp³-hybridized carbons (Fsp3) is 0.704. The Hall–Kier alpha value is -1.34. The smallest absolute Gasteiger partial charge is 0.251 e. The molecule has 0 saturated carbocycles. The van der Waals surface area contributed by atoms with Crippen LogP contribution >= 0.6 is 23.2 Å². The second-order valence-corrected chi connectivity index (χ2v) is 11.2. The Balaban J connectivity index is 1.65. The Labute approximate surface area is 221 Å². The van der Waals surface area contributed by atoms with Crippen molar-refractivity contribution in [2.24, 2.45) is 11.8 Å². The van der Waals surface area contributed by atoms with Crippen LogP contribution < -0.4 is 10.6 Å². The van der Waals surface area contributed by atoms with E-state index in [-0.39, 0.29) is 23.9 Å². The minimum atomic E-state index is -0.226. The number of benzene rings is 1. The molecule has 0 aliphatic carbocycles. The van der Waals surface area contributed by atoms with Crippen LogP contribution in [0.15, 0.2) is 18.2 Å². The number of rotatable bonds is 10.